The van der Waals surface area contributed by atoms with Crippen LogP contribution in [-0.4, -0.2) is 42.9 Å². The SMILES string of the molecule is OCC1CCN(CCCOc2ccc3ccccc3c2)C1. The average molecular weight is 285 g/mol. The number of ether oxygens (including phenoxy) is 1. The molecule has 1 atom stereocenters. The fourth-order valence-electron chi connectivity index (χ4n) is 3.00. The molecule has 3 rings (SSSR count). The molecule has 0 aliphatic carbocycles. The van der Waals surface area contributed by atoms with Crippen LogP contribution < -0.4 is 4.74 Å². The summed E-state index contributed by atoms with van der Waals surface area (Å²) in [5.41, 5.74) is 0. The van der Waals surface area contributed by atoms with E-state index in [9.17, 15) is 0 Å². The number of benzene rings is 2. The third-order valence-corrected chi connectivity index (χ3v) is 4.24. The number of fused-ring (bicyclic) bond motifs is 1. The van der Waals surface area contributed by atoms with E-state index < -0.39 is 0 Å². The molecule has 0 bridgehead atoms. The zero-order valence-corrected chi connectivity index (χ0v) is 12.4. The Morgan fingerprint density at radius 1 is 1.14 bits per heavy atom. The van der Waals surface area contributed by atoms with Gasteiger partial charge in [0.15, 0.2) is 0 Å². The average Bonchev–Trinajstić information content (AvgIpc) is 2.99. The maximum absolute atomic E-state index is 9.14. The van der Waals surface area contributed by atoms with Crippen molar-refractivity contribution in [2.24, 2.45) is 5.92 Å². The number of hydrogen-bond donors (Lipinski definition) is 1. The number of rotatable bonds is 6. The minimum atomic E-state index is 0.324. The van der Waals surface area contributed by atoms with Gasteiger partial charge in [-0.1, -0.05) is 30.3 Å². The molecule has 0 spiro atoms. The Hall–Kier alpha value is -1.58. The fraction of sp³-hybridized carbons (Fsp3) is 0.444. The molecule has 0 radical (unpaired) electrons. The maximum Gasteiger partial charge on any atom is 0.119 e. The quantitative estimate of drug-likeness (QED) is 0.828. The van der Waals surface area contributed by atoms with Crippen molar-refractivity contribution >= 4 is 10.8 Å². The first kappa shape index (κ1) is 14.4. The smallest absolute Gasteiger partial charge is 0.119 e. The second kappa shape index (κ2) is 6.92. The van der Waals surface area contributed by atoms with Crippen LogP contribution in [0.5, 0.6) is 5.75 Å². The summed E-state index contributed by atoms with van der Waals surface area (Å²) in [4.78, 5) is 2.42. The Bertz CT molecular complexity index is 584. The van der Waals surface area contributed by atoms with E-state index in [2.05, 4.69) is 41.3 Å². The molecular formula is C18H23NO2. The Labute approximate surface area is 126 Å². The molecule has 2 aromatic carbocycles. The lowest BCUT2D eigenvalue weighted by Gasteiger charge is -2.15. The molecule has 21 heavy (non-hydrogen) atoms. The molecule has 1 unspecified atom stereocenters. The summed E-state index contributed by atoms with van der Waals surface area (Å²) in [5.74, 6) is 1.43. The first-order chi connectivity index (χ1) is 10.3. The fourth-order valence-corrected chi connectivity index (χ4v) is 3.00. The molecule has 1 saturated heterocycles. The number of likely N-dealkylation sites (tertiary alicyclic amines) is 1. The lowest BCUT2D eigenvalue weighted by molar-refractivity contribution is 0.215. The van der Waals surface area contributed by atoms with Gasteiger partial charge in [0.1, 0.15) is 5.75 Å². The van der Waals surface area contributed by atoms with Crippen LogP contribution in [0.25, 0.3) is 10.8 Å². The van der Waals surface area contributed by atoms with Gasteiger partial charge in [-0.15, -0.1) is 0 Å². The Morgan fingerprint density at radius 2 is 2.00 bits per heavy atom. The predicted octanol–water partition coefficient (Wildman–Crippen LogP) is 2.92. The van der Waals surface area contributed by atoms with Gasteiger partial charge in [-0.25, -0.2) is 0 Å². The molecule has 1 aliphatic heterocycles. The van der Waals surface area contributed by atoms with Crippen molar-refractivity contribution in [3.8, 4) is 5.75 Å². The van der Waals surface area contributed by atoms with Crippen molar-refractivity contribution in [2.75, 3.05) is 32.8 Å². The summed E-state index contributed by atoms with van der Waals surface area (Å²) in [5, 5.41) is 11.6. The topological polar surface area (TPSA) is 32.7 Å². The second-order valence-corrected chi connectivity index (χ2v) is 5.85. The summed E-state index contributed by atoms with van der Waals surface area (Å²) in [6, 6.07) is 14.6. The molecule has 112 valence electrons. The standard InChI is InChI=1S/C18H23NO2/c20-14-15-8-10-19(13-15)9-3-11-21-18-7-6-16-4-1-2-5-17(16)12-18/h1-2,4-7,12,15,20H,3,8-11,13-14H2. The van der Waals surface area contributed by atoms with E-state index in [0.717, 1.165) is 44.8 Å². The van der Waals surface area contributed by atoms with Crippen LogP contribution in [0.15, 0.2) is 42.5 Å². The summed E-state index contributed by atoms with van der Waals surface area (Å²) in [6.45, 7) is 4.28. The van der Waals surface area contributed by atoms with E-state index in [-0.39, 0.29) is 0 Å². The first-order valence-corrected chi connectivity index (χ1v) is 7.80. The van der Waals surface area contributed by atoms with Crippen molar-refractivity contribution in [2.45, 2.75) is 12.8 Å². The van der Waals surface area contributed by atoms with Crippen molar-refractivity contribution in [1.82, 2.24) is 4.90 Å². The van der Waals surface area contributed by atoms with Crippen molar-refractivity contribution in [3.05, 3.63) is 42.5 Å². The van der Waals surface area contributed by atoms with Gasteiger partial charge < -0.3 is 14.7 Å². The van der Waals surface area contributed by atoms with Crippen LogP contribution in [0.3, 0.4) is 0 Å². The van der Waals surface area contributed by atoms with E-state index in [1.54, 1.807) is 0 Å². The number of aliphatic hydroxyl groups is 1. The summed E-state index contributed by atoms with van der Waals surface area (Å²) < 4.78 is 5.85. The molecule has 0 saturated carbocycles. The summed E-state index contributed by atoms with van der Waals surface area (Å²) in [6.07, 6.45) is 2.16. The molecule has 3 heteroatoms. The van der Waals surface area contributed by atoms with E-state index in [4.69, 9.17) is 9.84 Å². The number of hydrogen-bond acceptors (Lipinski definition) is 3. The zero-order chi connectivity index (χ0) is 14.5. The maximum atomic E-state index is 9.14. The van der Waals surface area contributed by atoms with Gasteiger partial charge in [0.05, 0.1) is 6.61 Å². The summed E-state index contributed by atoms with van der Waals surface area (Å²) >= 11 is 0. The van der Waals surface area contributed by atoms with Crippen LogP contribution in [0.2, 0.25) is 0 Å². The molecular weight excluding hydrogens is 262 g/mol. The van der Waals surface area contributed by atoms with Gasteiger partial charge in [0, 0.05) is 19.7 Å². The third-order valence-electron chi connectivity index (χ3n) is 4.24. The first-order valence-electron chi connectivity index (χ1n) is 7.80. The highest BCUT2D eigenvalue weighted by atomic mass is 16.5. The monoisotopic (exact) mass is 285 g/mol. The van der Waals surface area contributed by atoms with Crippen LogP contribution in [0.4, 0.5) is 0 Å². The van der Waals surface area contributed by atoms with E-state index in [1.807, 2.05) is 6.07 Å². The molecule has 1 fully saturated rings. The van der Waals surface area contributed by atoms with Crippen LogP contribution >= 0.6 is 0 Å². The number of aliphatic hydroxyl groups excluding tert-OH is 1. The molecule has 1 N–H and O–H groups in total. The summed E-state index contributed by atoms with van der Waals surface area (Å²) in [7, 11) is 0. The highest BCUT2D eigenvalue weighted by Gasteiger charge is 2.20. The second-order valence-electron chi connectivity index (χ2n) is 5.85. The molecule has 1 heterocycles. The van der Waals surface area contributed by atoms with Gasteiger partial charge >= 0.3 is 0 Å². The Morgan fingerprint density at radius 3 is 2.81 bits per heavy atom. The molecule has 0 amide bonds. The van der Waals surface area contributed by atoms with E-state index in [1.165, 1.54) is 10.8 Å². The van der Waals surface area contributed by atoms with Crippen molar-refractivity contribution in [3.63, 3.8) is 0 Å². The van der Waals surface area contributed by atoms with Crippen molar-refractivity contribution < 1.29 is 9.84 Å². The third kappa shape index (κ3) is 3.74. The lowest BCUT2D eigenvalue weighted by Crippen LogP contribution is -2.24. The molecule has 3 nitrogen and oxygen atoms in total. The Kier molecular flexibility index (Phi) is 4.73. The number of nitrogens with zero attached hydrogens (tertiary/aromatic N) is 1. The molecule has 1 aliphatic rings. The van der Waals surface area contributed by atoms with Gasteiger partial charge in [0.2, 0.25) is 0 Å². The Balaban J connectivity index is 1.44. The van der Waals surface area contributed by atoms with Crippen LogP contribution in [-0.2, 0) is 0 Å². The minimum Gasteiger partial charge on any atom is -0.494 e. The van der Waals surface area contributed by atoms with Gasteiger partial charge in [-0.05, 0) is 48.2 Å². The highest BCUT2D eigenvalue weighted by molar-refractivity contribution is 5.83. The van der Waals surface area contributed by atoms with Crippen LogP contribution in [0.1, 0.15) is 12.8 Å². The van der Waals surface area contributed by atoms with Gasteiger partial charge in [-0.2, -0.15) is 0 Å². The largest absolute Gasteiger partial charge is 0.494 e. The molecule has 2 aromatic rings. The lowest BCUT2D eigenvalue weighted by atomic mass is 10.1. The predicted molar refractivity (Wildman–Crippen MR) is 85.7 cm³/mol. The highest BCUT2D eigenvalue weighted by Crippen LogP contribution is 2.21. The van der Waals surface area contributed by atoms with E-state index >= 15 is 0 Å². The van der Waals surface area contributed by atoms with Crippen LogP contribution in [0, 0.1) is 5.92 Å². The van der Waals surface area contributed by atoms with E-state index in [0.29, 0.717) is 12.5 Å². The van der Waals surface area contributed by atoms with Gasteiger partial charge in [-0.3, -0.25) is 0 Å². The molecule has 0 aromatic heterocycles. The van der Waals surface area contributed by atoms with Crippen molar-refractivity contribution in [1.29, 1.82) is 0 Å². The normalized spacial score (nSPS) is 19.2. The zero-order valence-electron chi connectivity index (χ0n) is 12.4. The van der Waals surface area contributed by atoms with Gasteiger partial charge in [0.25, 0.3) is 0 Å². The minimum absolute atomic E-state index is 0.324.